The number of nitrogens with zero attached hydrogens (tertiary/aromatic N) is 14. The topological polar surface area (TPSA) is 234 Å². The van der Waals surface area contributed by atoms with Crippen LogP contribution in [0.5, 0.6) is 0 Å². The highest BCUT2D eigenvalue weighted by Gasteiger charge is 2.39. The Morgan fingerprint density at radius 3 is 1.57 bits per heavy atom. The molecule has 4 aromatic heterocycles. The molecular weight excluding hydrogens is 892 g/mol. The number of aromatic nitrogens is 12. The van der Waals surface area contributed by atoms with E-state index < -0.39 is 0 Å². The molecule has 0 aliphatic carbocycles. The maximum absolute atomic E-state index is 7.57. The average Bonchev–Trinajstić information content (AvgIpc) is 3.98. The largest absolute Gasteiger partial charge is 0.399 e. The lowest BCUT2D eigenvalue weighted by molar-refractivity contribution is 0.170. The van der Waals surface area contributed by atoms with Crippen LogP contribution in [0.1, 0.15) is 132 Å². The highest BCUT2D eigenvalue weighted by molar-refractivity contribution is 6.28. The third-order valence-corrected chi connectivity index (χ3v) is 11.8. The van der Waals surface area contributed by atoms with E-state index in [4.69, 9.17) is 30.5 Å². The van der Waals surface area contributed by atoms with E-state index in [9.17, 15) is 0 Å². The van der Waals surface area contributed by atoms with E-state index >= 15 is 0 Å². The maximum atomic E-state index is 7.57. The van der Waals surface area contributed by atoms with Gasteiger partial charge in [-0.2, -0.15) is 0 Å². The summed E-state index contributed by atoms with van der Waals surface area (Å²) >= 11 is 5.83. The quantitative estimate of drug-likeness (QED) is 0.0426. The van der Waals surface area contributed by atoms with Gasteiger partial charge in [0.15, 0.2) is 0 Å². The van der Waals surface area contributed by atoms with E-state index in [1.54, 1.807) is 28.2 Å². The summed E-state index contributed by atoms with van der Waals surface area (Å²) in [5.74, 6) is 2.20. The molecular formula is C48H65ClN20. The lowest BCUT2D eigenvalue weighted by Gasteiger charge is -2.46. The van der Waals surface area contributed by atoms with Crippen LogP contribution < -0.4 is 32.3 Å². The summed E-state index contributed by atoms with van der Waals surface area (Å²) in [7, 11) is 0. The minimum absolute atomic E-state index is 0.0173. The molecule has 0 bridgehead atoms. The number of nitrogens with two attached hydrogens (primary N) is 1. The normalized spacial score (nSPS) is 17.1. The first-order chi connectivity index (χ1) is 32.4. The smallest absolute Gasteiger partial charge is 0.246 e. The molecule has 364 valence electrons. The lowest BCUT2D eigenvalue weighted by Crippen LogP contribution is -2.60. The van der Waals surface area contributed by atoms with E-state index in [0.717, 1.165) is 48.3 Å². The van der Waals surface area contributed by atoms with Gasteiger partial charge in [-0.25, -0.2) is 39.0 Å². The number of hydrogen-bond donors (Lipinski definition) is 6. The molecule has 20 nitrogen and oxygen atoms in total. The first-order valence-electron chi connectivity index (χ1n) is 23.0. The number of anilines is 5. The molecule has 2 saturated heterocycles. The monoisotopic (exact) mass is 957 g/mol. The van der Waals surface area contributed by atoms with Crippen molar-refractivity contribution in [2.45, 2.75) is 155 Å². The fraction of sp³-hybridized carbons (Fsp3) is 0.500. The van der Waals surface area contributed by atoms with Gasteiger partial charge >= 0.3 is 0 Å². The molecule has 8 rings (SSSR count). The third kappa shape index (κ3) is 14.1. The molecule has 0 radical (unpaired) electrons. The van der Waals surface area contributed by atoms with Gasteiger partial charge in [-0.1, -0.05) is 39.8 Å². The van der Waals surface area contributed by atoms with Crippen LogP contribution in [-0.2, 0) is 0 Å². The number of nitrogen functional groups attached to an aromatic ring is 1. The van der Waals surface area contributed by atoms with Crippen molar-refractivity contribution in [3.8, 4) is 11.4 Å². The fourth-order valence-electron chi connectivity index (χ4n) is 9.63. The Bertz CT molecular complexity index is 2720. The van der Waals surface area contributed by atoms with Crippen molar-refractivity contribution < 1.29 is 0 Å². The number of halogens is 1. The number of hydrogen-bond acceptors (Lipinski definition) is 16. The standard InChI is InChI=1S/C24H32N10.C14H20ClN5.C10H13N5/c1-15(2)18-9-8-16(10-20(18)34-14-27-32-33-34)29-22-26-13-19(25-7)21(30-22)28-17-11-23(3,4)31-24(5,6)12-17;1-13(2)6-9(7-14(3,4)20-13)18-11-10(16-5)8-17-12(15)19-11;1-7(2)9-4-3-8(11)5-10(9)15-6-12-13-14-15/h8-10,13-15,17,31H,11-12H2,1-6H3,(H2,26,28,29,30);8-9,20H,6-7H2,1-4H3,(H,17,18,19);3-7H,11H2,1-2H3. The SMILES string of the molecule is CC(C)c1ccc(N)cc1-n1cnnn1.[C-]#[N+]c1cnc(Cl)nc1NC1CC(C)(C)NC(C)(C)C1.[C-]#[N+]c1cnc(Nc2ccc(C(C)C)c(-n3cnnn3)c2)nc1NC1CC(C)(C)NC(C)(C)C1. The summed E-state index contributed by atoms with van der Waals surface area (Å²) in [6.45, 7) is 40.8. The maximum Gasteiger partial charge on any atom is 0.246 e. The summed E-state index contributed by atoms with van der Waals surface area (Å²) < 4.78 is 3.28. The van der Waals surface area contributed by atoms with Crippen molar-refractivity contribution in [1.29, 1.82) is 0 Å². The number of nitrogens with one attached hydrogen (secondary N) is 5. The van der Waals surface area contributed by atoms with Crippen LogP contribution in [0.2, 0.25) is 5.28 Å². The van der Waals surface area contributed by atoms with Crippen molar-refractivity contribution >= 4 is 51.9 Å². The molecule has 0 unspecified atom stereocenters. The van der Waals surface area contributed by atoms with Crippen molar-refractivity contribution in [2.75, 3.05) is 21.7 Å². The van der Waals surface area contributed by atoms with Gasteiger partial charge in [0.25, 0.3) is 0 Å². The lowest BCUT2D eigenvalue weighted by atomic mass is 9.79. The van der Waals surface area contributed by atoms with Gasteiger partial charge in [-0.05, 0) is 161 Å². The van der Waals surface area contributed by atoms with Gasteiger partial charge in [0, 0.05) is 58.0 Å². The summed E-state index contributed by atoms with van der Waals surface area (Å²) in [5.41, 5.74) is 12.3. The Labute approximate surface area is 410 Å². The van der Waals surface area contributed by atoms with E-state index in [-0.39, 0.29) is 39.5 Å². The van der Waals surface area contributed by atoms with Crippen molar-refractivity contribution in [1.82, 2.24) is 71.0 Å². The molecule has 6 heterocycles. The van der Waals surface area contributed by atoms with Gasteiger partial charge in [-0.3, -0.25) is 0 Å². The number of benzene rings is 2. The predicted molar refractivity (Wildman–Crippen MR) is 272 cm³/mol. The summed E-state index contributed by atoms with van der Waals surface area (Å²) in [6.07, 6.45) is 9.93. The Hall–Kier alpha value is -6.87. The van der Waals surface area contributed by atoms with Crippen LogP contribution in [0.4, 0.5) is 40.3 Å². The van der Waals surface area contributed by atoms with Crippen molar-refractivity contribution in [3.63, 3.8) is 0 Å². The third-order valence-electron chi connectivity index (χ3n) is 11.6. The van der Waals surface area contributed by atoms with Gasteiger partial charge in [0.05, 0.1) is 24.5 Å². The van der Waals surface area contributed by atoms with E-state index in [0.29, 0.717) is 46.5 Å². The molecule has 2 aliphatic heterocycles. The summed E-state index contributed by atoms with van der Waals surface area (Å²) in [6, 6.07) is 12.2. The molecule has 2 fully saturated rings. The van der Waals surface area contributed by atoms with Gasteiger partial charge in [0.1, 0.15) is 24.3 Å². The number of tetrazole rings is 2. The second-order valence-corrected chi connectivity index (χ2v) is 21.2. The van der Waals surface area contributed by atoms with Crippen molar-refractivity contribution in [2.24, 2.45) is 0 Å². The molecule has 69 heavy (non-hydrogen) atoms. The van der Waals surface area contributed by atoms with Gasteiger partial charge in [-0.15, -0.1) is 10.2 Å². The molecule has 2 aliphatic rings. The first-order valence-corrected chi connectivity index (χ1v) is 23.4. The molecule has 0 amide bonds. The summed E-state index contributed by atoms with van der Waals surface area (Å²) in [5, 5.41) is 40.3. The Morgan fingerprint density at radius 1 is 0.667 bits per heavy atom. The number of rotatable bonds is 10. The molecule has 0 saturated carbocycles. The second-order valence-electron chi connectivity index (χ2n) is 20.8. The minimum atomic E-state index is -0.0173. The van der Waals surface area contributed by atoms with Crippen LogP contribution >= 0.6 is 11.6 Å². The van der Waals surface area contributed by atoms with Crippen LogP contribution in [0.15, 0.2) is 61.4 Å². The van der Waals surface area contributed by atoms with Gasteiger partial charge < -0.3 is 32.3 Å². The Kier molecular flexibility index (Phi) is 15.8. The zero-order chi connectivity index (χ0) is 50.3. The molecule has 7 N–H and O–H groups in total. The first kappa shape index (κ1) is 51.5. The Morgan fingerprint density at radius 2 is 1.12 bits per heavy atom. The zero-order valence-corrected chi connectivity index (χ0v) is 42.4. The highest BCUT2D eigenvalue weighted by Crippen LogP contribution is 2.35. The predicted octanol–water partition coefficient (Wildman–Crippen LogP) is 9.36. The Balaban J connectivity index is 0.000000188. The molecule has 0 spiro atoms. The second kappa shape index (κ2) is 21.2. The highest BCUT2D eigenvalue weighted by atomic mass is 35.5. The fourth-order valence-corrected chi connectivity index (χ4v) is 9.76. The zero-order valence-electron chi connectivity index (χ0n) is 41.6. The van der Waals surface area contributed by atoms with Crippen LogP contribution in [0, 0.1) is 13.1 Å². The average molecular weight is 958 g/mol. The van der Waals surface area contributed by atoms with E-state index in [2.05, 4.69) is 176 Å². The molecule has 6 aromatic rings. The molecule has 2 aromatic carbocycles. The van der Waals surface area contributed by atoms with Crippen LogP contribution in [0.3, 0.4) is 0 Å². The van der Waals surface area contributed by atoms with Crippen LogP contribution in [-0.4, -0.2) is 94.6 Å². The number of piperidine rings is 2. The van der Waals surface area contributed by atoms with E-state index in [1.807, 2.05) is 30.3 Å². The van der Waals surface area contributed by atoms with Crippen molar-refractivity contribution in [3.05, 3.63) is 101 Å². The van der Waals surface area contributed by atoms with E-state index in [1.165, 1.54) is 11.8 Å². The van der Waals surface area contributed by atoms with Crippen LogP contribution in [0.25, 0.3) is 21.1 Å². The summed E-state index contributed by atoms with van der Waals surface area (Å²) in [4.78, 5) is 24.1. The minimum Gasteiger partial charge on any atom is -0.399 e. The molecule has 21 heteroatoms. The molecule has 0 atom stereocenters. The van der Waals surface area contributed by atoms with Gasteiger partial charge in [0.2, 0.25) is 22.6 Å².